The molecule has 4 aliphatic rings. The van der Waals surface area contributed by atoms with Crippen LogP contribution in [-0.4, -0.2) is 20.7 Å². The number of halogens is 1. The van der Waals surface area contributed by atoms with E-state index in [4.69, 9.17) is 0 Å². The number of nitrogens with zero attached hydrogens (tertiary/aromatic N) is 3. The third kappa shape index (κ3) is 2.45. The van der Waals surface area contributed by atoms with Crippen molar-refractivity contribution in [2.45, 2.75) is 44.1 Å². The van der Waals surface area contributed by atoms with Crippen LogP contribution in [0.2, 0.25) is 0 Å². The van der Waals surface area contributed by atoms with Gasteiger partial charge in [-0.2, -0.15) is 5.10 Å². The number of nitrogens with one attached hydrogen (secondary N) is 1. The van der Waals surface area contributed by atoms with E-state index < -0.39 is 0 Å². The van der Waals surface area contributed by atoms with E-state index in [2.05, 4.69) is 31.3 Å². The first kappa shape index (κ1) is 15.6. The summed E-state index contributed by atoms with van der Waals surface area (Å²) >= 11 is 3.48. The van der Waals surface area contributed by atoms with Crippen molar-refractivity contribution >= 4 is 27.5 Å². The second-order valence-electron chi connectivity index (χ2n) is 8.27. The van der Waals surface area contributed by atoms with Gasteiger partial charge in [0.1, 0.15) is 12.7 Å². The molecule has 0 radical (unpaired) electrons. The Kier molecular flexibility index (Phi) is 3.36. The third-order valence-corrected chi connectivity index (χ3v) is 6.99. The molecule has 4 fully saturated rings. The van der Waals surface area contributed by atoms with Crippen molar-refractivity contribution in [3.63, 3.8) is 0 Å². The first-order valence-electron chi connectivity index (χ1n) is 8.99. The summed E-state index contributed by atoms with van der Waals surface area (Å²) in [5, 5.41) is 7.65. The first-order valence-corrected chi connectivity index (χ1v) is 9.78. The maximum atomic E-state index is 13.3. The molecular weight excluding hydrogens is 380 g/mol. The number of anilines is 1. The molecule has 6 heteroatoms. The van der Waals surface area contributed by atoms with Gasteiger partial charge in [0, 0.05) is 10.2 Å². The van der Waals surface area contributed by atoms with E-state index in [9.17, 15) is 4.79 Å². The summed E-state index contributed by atoms with van der Waals surface area (Å²) in [6.45, 7) is 0. The van der Waals surface area contributed by atoms with Crippen LogP contribution in [0.25, 0.3) is 0 Å². The molecule has 1 heterocycles. The maximum absolute atomic E-state index is 13.3. The highest BCUT2D eigenvalue weighted by molar-refractivity contribution is 9.10. The SMILES string of the molecule is O=C(Nc1cccc(Br)c1)C12C[C@H]3C[C@@H](C1)CC(n1cncn1)(C3)C2. The van der Waals surface area contributed by atoms with E-state index >= 15 is 0 Å². The number of benzene rings is 1. The monoisotopic (exact) mass is 400 g/mol. The minimum atomic E-state index is -0.266. The van der Waals surface area contributed by atoms with E-state index in [1.54, 1.807) is 6.33 Å². The largest absolute Gasteiger partial charge is 0.326 e. The second kappa shape index (κ2) is 5.40. The zero-order valence-electron chi connectivity index (χ0n) is 14.0. The predicted octanol–water partition coefficient (Wildman–Crippen LogP) is 3.97. The van der Waals surface area contributed by atoms with Crippen LogP contribution in [0.1, 0.15) is 38.5 Å². The highest BCUT2D eigenvalue weighted by Gasteiger charge is 2.61. The van der Waals surface area contributed by atoms with Gasteiger partial charge in [-0.1, -0.05) is 22.0 Å². The van der Waals surface area contributed by atoms with Gasteiger partial charge in [0.25, 0.3) is 0 Å². The van der Waals surface area contributed by atoms with E-state index in [0.29, 0.717) is 11.8 Å². The average Bonchev–Trinajstić information content (AvgIpc) is 3.09. The summed E-state index contributed by atoms with van der Waals surface area (Å²) < 4.78 is 3.03. The van der Waals surface area contributed by atoms with E-state index in [1.807, 2.05) is 35.3 Å². The average molecular weight is 401 g/mol. The molecule has 1 amide bonds. The molecule has 4 aliphatic carbocycles. The number of carbonyl (C=O) groups excluding carboxylic acids is 1. The lowest BCUT2D eigenvalue weighted by Crippen LogP contribution is -2.60. The summed E-state index contributed by atoms with van der Waals surface area (Å²) in [5.41, 5.74) is 0.581. The fraction of sp³-hybridized carbons (Fsp3) is 0.526. The van der Waals surface area contributed by atoms with Crippen LogP contribution in [0.5, 0.6) is 0 Å². The summed E-state index contributed by atoms with van der Waals surface area (Å²) in [7, 11) is 0. The molecule has 1 N–H and O–H groups in total. The van der Waals surface area contributed by atoms with Crippen LogP contribution < -0.4 is 5.32 Å². The van der Waals surface area contributed by atoms with Crippen molar-refractivity contribution in [1.82, 2.24) is 14.8 Å². The molecule has 130 valence electrons. The molecule has 1 aromatic heterocycles. The number of carbonyl (C=O) groups is 1. The van der Waals surface area contributed by atoms with Crippen molar-refractivity contribution < 1.29 is 4.79 Å². The highest BCUT2D eigenvalue weighted by atomic mass is 79.9. The molecule has 5 nitrogen and oxygen atoms in total. The third-order valence-electron chi connectivity index (χ3n) is 6.50. The Morgan fingerprint density at radius 3 is 2.72 bits per heavy atom. The standard InChI is InChI=1S/C19H21BrN4O/c20-15-2-1-3-16(5-15)23-17(25)18-6-13-4-14(7-18)9-19(8-13,10-18)24-12-21-11-22-24/h1-3,5,11-14H,4,6-10H2,(H,23,25)/t13-,14+,18?,19?. The van der Waals surface area contributed by atoms with Crippen LogP contribution in [-0.2, 0) is 10.3 Å². The van der Waals surface area contributed by atoms with Crippen molar-refractivity contribution in [3.8, 4) is 0 Å². The van der Waals surface area contributed by atoms with Gasteiger partial charge in [-0.15, -0.1) is 0 Å². The Labute approximate surface area is 155 Å². The van der Waals surface area contributed by atoms with Gasteiger partial charge in [-0.3, -0.25) is 4.79 Å². The molecule has 25 heavy (non-hydrogen) atoms. The quantitative estimate of drug-likeness (QED) is 0.847. The topological polar surface area (TPSA) is 59.8 Å². The molecule has 0 spiro atoms. The summed E-state index contributed by atoms with van der Waals surface area (Å²) in [6.07, 6.45) is 9.91. The van der Waals surface area contributed by atoms with E-state index in [-0.39, 0.29) is 16.9 Å². The number of aromatic nitrogens is 3. The minimum Gasteiger partial charge on any atom is -0.326 e. The highest BCUT2D eigenvalue weighted by Crippen LogP contribution is 2.64. The molecule has 4 bridgehead atoms. The number of hydrogen-bond donors (Lipinski definition) is 1. The van der Waals surface area contributed by atoms with Crippen LogP contribution in [0, 0.1) is 17.3 Å². The molecular formula is C19H21BrN4O. The smallest absolute Gasteiger partial charge is 0.230 e. The number of rotatable bonds is 3. The summed E-state index contributed by atoms with van der Waals surface area (Å²) in [4.78, 5) is 17.5. The van der Waals surface area contributed by atoms with Crippen LogP contribution >= 0.6 is 15.9 Å². The molecule has 2 aromatic rings. The molecule has 2 unspecified atom stereocenters. The molecule has 4 saturated carbocycles. The van der Waals surface area contributed by atoms with Gasteiger partial charge >= 0.3 is 0 Å². The Morgan fingerprint density at radius 1 is 1.24 bits per heavy atom. The van der Waals surface area contributed by atoms with Crippen LogP contribution in [0.4, 0.5) is 5.69 Å². The van der Waals surface area contributed by atoms with Gasteiger partial charge in [0.2, 0.25) is 5.91 Å². The fourth-order valence-corrected chi connectivity index (χ4v) is 6.43. The van der Waals surface area contributed by atoms with Crippen molar-refractivity contribution in [1.29, 1.82) is 0 Å². The maximum Gasteiger partial charge on any atom is 0.230 e. The lowest BCUT2D eigenvalue weighted by molar-refractivity contribution is -0.150. The molecule has 0 saturated heterocycles. The van der Waals surface area contributed by atoms with Crippen LogP contribution in [0.3, 0.4) is 0 Å². The van der Waals surface area contributed by atoms with Crippen molar-refractivity contribution in [2.24, 2.45) is 17.3 Å². The van der Waals surface area contributed by atoms with Crippen LogP contribution in [0.15, 0.2) is 41.4 Å². The Hall–Kier alpha value is -1.69. The van der Waals surface area contributed by atoms with Gasteiger partial charge < -0.3 is 5.32 Å². The van der Waals surface area contributed by atoms with Gasteiger partial charge in [0.15, 0.2) is 0 Å². The lowest BCUT2D eigenvalue weighted by atomic mass is 9.46. The van der Waals surface area contributed by atoms with Crippen molar-refractivity contribution in [3.05, 3.63) is 41.4 Å². The summed E-state index contributed by atoms with van der Waals surface area (Å²) in [5.74, 6) is 1.43. The van der Waals surface area contributed by atoms with Gasteiger partial charge in [-0.25, -0.2) is 9.67 Å². The van der Waals surface area contributed by atoms with E-state index in [0.717, 1.165) is 42.3 Å². The summed E-state index contributed by atoms with van der Waals surface area (Å²) in [6, 6.07) is 7.85. The second-order valence-corrected chi connectivity index (χ2v) is 9.19. The lowest BCUT2D eigenvalue weighted by Gasteiger charge is -2.60. The van der Waals surface area contributed by atoms with Gasteiger partial charge in [0.05, 0.1) is 11.0 Å². The fourth-order valence-electron chi connectivity index (χ4n) is 6.03. The van der Waals surface area contributed by atoms with E-state index in [1.165, 1.54) is 6.42 Å². The van der Waals surface area contributed by atoms with Gasteiger partial charge in [-0.05, 0) is 68.6 Å². The molecule has 0 aliphatic heterocycles. The molecule has 4 atom stereocenters. The predicted molar refractivity (Wildman–Crippen MR) is 97.9 cm³/mol. The number of hydrogen-bond acceptors (Lipinski definition) is 3. The zero-order valence-corrected chi connectivity index (χ0v) is 15.6. The zero-order chi connectivity index (χ0) is 17.1. The first-order chi connectivity index (χ1) is 12.1. The van der Waals surface area contributed by atoms with Crippen molar-refractivity contribution in [2.75, 3.05) is 5.32 Å². The Balaban J connectivity index is 1.47. The molecule has 6 rings (SSSR count). The Bertz CT molecular complexity index is 805. The normalized spacial score (nSPS) is 35.7. The number of amides is 1. The Morgan fingerprint density at radius 2 is 2.04 bits per heavy atom. The minimum absolute atomic E-state index is 0.0187. The molecule has 1 aromatic carbocycles.